The SMILES string of the molecule is COc1ccc(F)cc1C(=O)COC(=O)CSc1ncnc2sccc12. The number of benzene rings is 1. The Morgan fingerprint density at radius 2 is 2.12 bits per heavy atom. The fraction of sp³-hybridized carbons (Fsp3) is 0.176. The second-order valence-electron chi connectivity index (χ2n) is 5.04. The molecule has 0 spiro atoms. The van der Waals surface area contributed by atoms with Gasteiger partial charge >= 0.3 is 5.97 Å². The number of esters is 1. The van der Waals surface area contributed by atoms with Crippen LogP contribution in [0.1, 0.15) is 10.4 Å². The third-order valence-electron chi connectivity index (χ3n) is 3.38. The van der Waals surface area contributed by atoms with Gasteiger partial charge in [-0.1, -0.05) is 11.8 Å². The fourth-order valence-electron chi connectivity index (χ4n) is 2.17. The van der Waals surface area contributed by atoms with Crippen molar-refractivity contribution in [2.24, 2.45) is 0 Å². The number of methoxy groups -OCH3 is 1. The number of hydrogen-bond donors (Lipinski definition) is 0. The second kappa shape index (κ2) is 8.24. The molecule has 1 aromatic carbocycles. The Balaban J connectivity index is 1.57. The van der Waals surface area contributed by atoms with Gasteiger partial charge in [0.25, 0.3) is 0 Å². The van der Waals surface area contributed by atoms with E-state index < -0.39 is 24.2 Å². The average molecular weight is 392 g/mol. The third kappa shape index (κ3) is 4.17. The molecule has 3 rings (SSSR count). The maximum Gasteiger partial charge on any atom is 0.316 e. The molecule has 0 aliphatic heterocycles. The molecule has 134 valence electrons. The van der Waals surface area contributed by atoms with Crippen molar-refractivity contribution in [3.8, 4) is 5.75 Å². The minimum Gasteiger partial charge on any atom is -0.496 e. The van der Waals surface area contributed by atoms with E-state index in [0.29, 0.717) is 5.03 Å². The monoisotopic (exact) mass is 392 g/mol. The molecule has 0 amide bonds. The smallest absolute Gasteiger partial charge is 0.316 e. The molecular weight excluding hydrogens is 379 g/mol. The molecule has 6 nitrogen and oxygen atoms in total. The lowest BCUT2D eigenvalue weighted by molar-refractivity contribution is -0.139. The Morgan fingerprint density at radius 1 is 1.27 bits per heavy atom. The Labute approximate surface area is 156 Å². The molecule has 2 aromatic heterocycles. The van der Waals surface area contributed by atoms with Crippen LogP contribution >= 0.6 is 23.1 Å². The van der Waals surface area contributed by atoms with Crippen molar-refractivity contribution in [2.75, 3.05) is 19.5 Å². The highest BCUT2D eigenvalue weighted by Gasteiger charge is 2.16. The number of carbonyl (C=O) groups is 2. The van der Waals surface area contributed by atoms with Crippen molar-refractivity contribution < 1.29 is 23.5 Å². The first-order chi connectivity index (χ1) is 12.6. The average Bonchev–Trinajstić information content (AvgIpc) is 3.13. The van der Waals surface area contributed by atoms with E-state index in [2.05, 4.69) is 9.97 Å². The zero-order valence-corrected chi connectivity index (χ0v) is 15.2. The van der Waals surface area contributed by atoms with Gasteiger partial charge in [0.15, 0.2) is 6.61 Å². The van der Waals surface area contributed by atoms with Crippen molar-refractivity contribution in [2.45, 2.75) is 5.03 Å². The zero-order chi connectivity index (χ0) is 18.5. The first-order valence-electron chi connectivity index (χ1n) is 7.42. The van der Waals surface area contributed by atoms with Gasteiger partial charge in [0.05, 0.1) is 18.4 Å². The van der Waals surface area contributed by atoms with Crippen molar-refractivity contribution in [3.05, 3.63) is 47.4 Å². The molecule has 0 aliphatic carbocycles. The number of ketones is 1. The number of ether oxygens (including phenoxy) is 2. The number of nitrogens with zero attached hydrogens (tertiary/aromatic N) is 2. The third-order valence-corrected chi connectivity index (χ3v) is 5.18. The van der Waals surface area contributed by atoms with Crippen LogP contribution in [0.15, 0.2) is 41.0 Å². The first-order valence-corrected chi connectivity index (χ1v) is 9.28. The van der Waals surface area contributed by atoms with E-state index in [1.54, 1.807) is 0 Å². The largest absolute Gasteiger partial charge is 0.496 e. The number of halogens is 1. The summed E-state index contributed by atoms with van der Waals surface area (Å²) in [6, 6.07) is 5.47. The zero-order valence-electron chi connectivity index (χ0n) is 13.6. The quantitative estimate of drug-likeness (QED) is 0.264. The number of aromatic nitrogens is 2. The van der Waals surface area contributed by atoms with E-state index in [1.807, 2.05) is 11.4 Å². The Morgan fingerprint density at radius 3 is 2.92 bits per heavy atom. The number of carbonyl (C=O) groups excluding carboxylic acids is 2. The molecule has 0 aliphatic rings. The molecule has 2 heterocycles. The maximum absolute atomic E-state index is 13.3. The van der Waals surface area contributed by atoms with Crippen molar-refractivity contribution in [1.29, 1.82) is 0 Å². The Kier molecular flexibility index (Phi) is 5.79. The van der Waals surface area contributed by atoms with Gasteiger partial charge in [-0.2, -0.15) is 0 Å². The summed E-state index contributed by atoms with van der Waals surface area (Å²) in [5.41, 5.74) is 0.0312. The second-order valence-corrected chi connectivity index (χ2v) is 6.89. The number of thioether (sulfide) groups is 1. The van der Waals surface area contributed by atoms with Gasteiger partial charge in [-0.25, -0.2) is 14.4 Å². The predicted octanol–water partition coefficient (Wildman–Crippen LogP) is 3.36. The van der Waals surface area contributed by atoms with Crippen LogP contribution in [0.25, 0.3) is 10.2 Å². The summed E-state index contributed by atoms with van der Waals surface area (Å²) in [6.07, 6.45) is 1.44. The number of hydrogen-bond acceptors (Lipinski definition) is 8. The summed E-state index contributed by atoms with van der Waals surface area (Å²) < 4.78 is 23.3. The van der Waals surface area contributed by atoms with Crippen LogP contribution in [0.3, 0.4) is 0 Å². The van der Waals surface area contributed by atoms with Crippen LogP contribution in [0, 0.1) is 5.82 Å². The normalized spacial score (nSPS) is 10.7. The van der Waals surface area contributed by atoms with E-state index in [0.717, 1.165) is 16.3 Å². The Hall–Kier alpha value is -2.52. The highest BCUT2D eigenvalue weighted by Crippen LogP contribution is 2.27. The van der Waals surface area contributed by atoms with Gasteiger partial charge in [-0.15, -0.1) is 11.3 Å². The summed E-state index contributed by atoms with van der Waals surface area (Å²) in [6.45, 7) is -0.489. The van der Waals surface area contributed by atoms with Crippen LogP contribution < -0.4 is 4.74 Å². The van der Waals surface area contributed by atoms with Crippen LogP contribution in [-0.4, -0.2) is 41.2 Å². The number of thiophene rings is 1. The lowest BCUT2D eigenvalue weighted by Gasteiger charge is -2.08. The fourth-order valence-corrected chi connectivity index (χ4v) is 3.75. The maximum atomic E-state index is 13.3. The molecule has 0 radical (unpaired) electrons. The topological polar surface area (TPSA) is 78.4 Å². The number of Topliss-reactive ketones (excluding diaryl/α,β-unsaturated/α-hetero) is 1. The van der Waals surface area contributed by atoms with Gasteiger partial charge < -0.3 is 9.47 Å². The highest BCUT2D eigenvalue weighted by atomic mass is 32.2. The summed E-state index contributed by atoms with van der Waals surface area (Å²) in [7, 11) is 1.37. The summed E-state index contributed by atoms with van der Waals surface area (Å²) in [5, 5.41) is 3.44. The minimum atomic E-state index is -0.570. The molecule has 0 bridgehead atoms. The predicted molar refractivity (Wildman–Crippen MR) is 96.4 cm³/mol. The van der Waals surface area contributed by atoms with Crippen LogP contribution in [0.4, 0.5) is 4.39 Å². The van der Waals surface area contributed by atoms with E-state index in [-0.39, 0.29) is 17.1 Å². The number of rotatable bonds is 7. The summed E-state index contributed by atoms with van der Waals surface area (Å²) in [5.74, 6) is -1.46. The molecule has 0 saturated heterocycles. The molecule has 26 heavy (non-hydrogen) atoms. The molecular formula is C17H13FN2O4S2. The molecule has 0 atom stereocenters. The molecule has 0 fully saturated rings. The van der Waals surface area contributed by atoms with Crippen LogP contribution in [0.2, 0.25) is 0 Å². The highest BCUT2D eigenvalue weighted by molar-refractivity contribution is 8.00. The lowest BCUT2D eigenvalue weighted by Crippen LogP contribution is -2.16. The summed E-state index contributed by atoms with van der Waals surface area (Å²) >= 11 is 2.69. The van der Waals surface area contributed by atoms with E-state index >= 15 is 0 Å². The van der Waals surface area contributed by atoms with E-state index in [9.17, 15) is 14.0 Å². The van der Waals surface area contributed by atoms with Gasteiger partial charge in [0.1, 0.15) is 27.8 Å². The van der Waals surface area contributed by atoms with Crippen LogP contribution in [0.5, 0.6) is 5.75 Å². The minimum absolute atomic E-state index is 0.00444. The van der Waals surface area contributed by atoms with Gasteiger partial charge in [0.2, 0.25) is 5.78 Å². The molecule has 9 heteroatoms. The van der Waals surface area contributed by atoms with Gasteiger partial charge in [-0.3, -0.25) is 9.59 Å². The Bertz CT molecular complexity index is 961. The van der Waals surface area contributed by atoms with E-state index in [4.69, 9.17) is 9.47 Å². The van der Waals surface area contributed by atoms with Crippen molar-refractivity contribution >= 4 is 45.1 Å². The molecule has 0 N–H and O–H groups in total. The first kappa shape index (κ1) is 18.3. The van der Waals surface area contributed by atoms with Crippen LogP contribution in [-0.2, 0) is 9.53 Å². The van der Waals surface area contributed by atoms with E-state index in [1.165, 1.54) is 48.7 Å². The van der Waals surface area contributed by atoms with Crippen molar-refractivity contribution in [3.63, 3.8) is 0 Å². The molecule has 0 saturated carbocycles. The summed E-state index contributed by atoms with van der Waals surface area (Å²) in [4.78, 5) is 33.2. The molecule has 3 aromatic rings. The standard InChI is InChI=1S/C17H13FN2O4S2/c1-23-14-3-2-10(18)6-12(14)13(21)7-24-15(22)8-26-17-11-4-5-25-16(11)19-9-20-17/h2-6,9H,7-8H2,1H3. The van der Waals surface area contributed by atoms with Crippen molar-refractivity contribution in [1.82, 2.24) is 9.97 Å². The lowest BCUT2D eigenvalue weighted by atomic mass is 10.1. The number of fused-ring (bicyclic) bond motifs is 1. The molecule has 0 unspecified atom stereocenters. The van der Waals surface area contributed by atoms with Gasteiger partial charge in [0, 0.05) is 5.39 Å². The van der Waals surface area contributed by atoms with Gasteiger partial charge in [-0.05, 0) is 29.6 Å².